The number of unbranched alkanes of at least 4 members (excludes halogenated alkanes) is 5. The Hall–Kier alpha value is -2.24. The molecule has 22 heavy (non-hydrogen) atoms. The van der Waals surface area contributed by atoms with E-state index in [1.807, 2.05) is 0 Å². The topological polar surface area (TPSA) is 77.3 Å². The molecule has 0 atom stereocenters. The van der Waals surface area contributed by atoms with Crippen LogP contribution in [0.15, 0.2) is 40.6 Å². The molecule has 120 valence electrons. The van der Waals surface area contributed by atoms with Crippen LogP contribution in [0.4, 0.5) is 9.59 Å². The predicted octanol–water partition coefficient (Wildman–Crippen LogP) is 5.13. The summed E-state index contributed by atoms with van der Waals surface area (Å²) in [4.78, 5) is 22.5. The van der Waals surface area contributed by atoms with E-state index < -0.39 is 12.2 Å². The van der Waals surface area contributed by atoms with Crippen LogP contribution in [0.25, 0.3) is 0 Å². The molecule has 0 radical (unpaired) electrons. The van der Waals surface area contributed by atoms with E-state index in [4.69, 9.17) is 9.47 Å². The molecule has 1 aromatic rings. The minimum absolute atomic E-state index is 0.289. The number of carbonyl (C=O) groups is 2. The number of rotatable bonds is 8. The molecular weight excluding hydrogens is 284 g/mol. The Labute approximate surface area is 130 Å². The van der Waals surface area contributed by atoms with Gasteiger partial charge in [-0.05, 0) is 18.6 Å². The van der Waals surface area contributed by atoms with Crippen molar-refractivity contribution in [3.8, 4) is 5.75 Å². The quantitative estimate of drug-likeness (QED) is 0.492. The first-order chi connectivity index (χ1) is 10.7. The van der Waals surface area contributed by atoms with Gasteiger partial charge in [-0.25, -0.2) is 9.59 Å². The van der Waals surface area contributed by atoms with E-state index in [0.717, 1.165) is 19.3 Å². The summed E-state index contributed by atoms with van der Waals surface area (Å²) in [6.45, 7) is 2.45. The van der Waals surface area contributed by atoms with Crippen molar-refractivity contribution in [3.05, 3.63) is 30.3 Å². The smallest absolute Gasteiger partial charge is 0.447 e. The summed E-state index contributed by atoms with van der Waals surface area (Å²) in [6.07, 6.45) is 4.75. The molecule has 0 fully saturated rings. The van der Waals surface area contributed by atoms with Crippen molar-refractivity contribution in [1.82, 2.24) is 0 Å². The maximum atomic E-state index is 11.3. The molecule has 1 aromatic carbocycles. The minimum Gasteiger partial charge on any atom is -0.447 e. The molecule has 0 unspecified atom stereocenters. The Kier molecular flexibility index (Phi) is 9.25. The maximum absolute atomic E-state index is 11.3. The molecule has 0 aliphatic heterocycles. The number of ether oxygens (including phenoxy) is 2. The van der Waals surface area contributed by atoms with Crippen LogP contribution in [0.3, 0.4) is 0 Å². The maximum Gasteiger partial charge on any atom is 0.458 e. The largest absolute Gasteiger partial charge is 0.458 e. The fraction of sp³-hybridized carbons (Fsp3) is 0.500. The van der Waals surface area contributed by atoms with Crippen LogP contribution in [-0.2, 0) is 4.74 Å². The van der Waals surface area contributed by atoms with Gasteiger partial charge in [-0.1, -0.05) is 67.5 Å². The average Bonchev–Trinajstić information content (AvgIpc) is 2.53. The van der Waals surface area contributed by atoms with Crippen LogP contribution < -0.4 is 4.74 Å². The van der Waals surface area contributed by atoms with Gasteiger partial charge in [-0.15, -0.1) is 0 Å². The van der Waals surface area contributed by atoms with Gasteiger partial charge in [0.2, 0.25) is 0 Å². The third kappa shape index (κ3) is 8.84. The van der Waals surface area contributed by atoms with Gasteiger partial charge in [-0.3, -0.25) is 0 Å². The fourth-order valence-corrected chi connectivity index (χ4v) is 1.76. The Balaban J connectivity index is 2.12. The van der Waals surface area contributed by atoms with Gasteiger partial charge >= 0.3 is 12.2 Å². The molecule has 1 rings (SSSR count). The van der Waals surface area contributed by atoms with Gasteiger partial charge in [0.15, 0.2) is 0 Å². The van der Waals surface area contributed by atoms with Gasteiger partial charge in [0.1, 0.15) is 5.75 Å². The summed E-state index contributed by atoms with van der Waals surface area (Å²) >= 11 is 0. The van der Waals surface area contributed by atoms with Crippen molar-refractivity contribution in [3.63, 3.8) is 0 Å². The highest BCUT2D eigenvalue weighted by molar-refractivity contribution is 5.74. The zero-order valence-electron chi connectivity index (χ0n) is 12.9. The number of amides is 2. The van der Waals surface area contributed by atoms with Gasteiger partial charge in [-0.2, -0.15) is 0 Å². The molecule has 0 spiro atoms. The fourth-order valence-electron chi connectivity index (χ4n) is 1.76. The van der Waals surface area contributed by atoms with Gasteiger partial charge < -0.3 is 9.47 Å². The Morgan fingerprint density at radius 3 is 2.27 bits per heavy atom. The molecule has 6 heteroatoms. The molecule has 2 amide bonds. The van der Waals surface area contributed by atoms with Crippen molar-refractivity contribution >= 4 is 12.2 Å². The Morgan fingerprint density at radius 2 is 1.55 bits per heavy atom. The molecule has 0 bridgehead atoms. The lowest BCUT2D eigenvalue weighted by Gasteiger charge is -2.01. The van der Waals surface area contributed by atoms with E-state index in [-0.39, 0.29) is 6.61 Å². The third-order valence-electron chi connectivity index (χ3n) is 2.89. The lowest BCUT2D eigenvalue weighted by molar-refractivity contribution is 0.151. The van der Waals surface area contributed by atoms with Gasteiger partial charge in [0, 0.05) is 0 Å². The lowest BCUT2D eigenvalue weighted by Crippen LogP contribution is -2.04. The first-order valence-electron chi connectivity index (χ1n) is 7.57. The molecule has 0 aromatic heterocycles. The van der Waals surface area contributed by atoms with Crippen LogP contribution in [0, 0.1) is 0 Å². The van der Waals surface area contributed by atoms with Gasteiger partial charge in [0.05, 0.1) is 6.61 Å². The van der Waals surface area contributed by atoms with Crippen LogP contribution in [-0.4, -0.2) is 18.8 Å². The van der Waals surface area contributed by atoms with E-state index in [1.54, 1.807) is 30.3 Å². The lowest BCUT2D eigenvalue weighted by atomic mass is 10.1. The number of hydrogen-bond acceptors (Lipinski definition) is 4. The number of azo groups is 1. The first-order valence-corrected chi connectivity index (χ1v) is 7.57. The SMILES string of the molecule is CCCCCCCCOC(=O)N=NC(=O)Oc1ccccc1. The van der Waals surface area contributed by atoms with Crippen molar-refractivity contribution in [2.45, 2.75) is 45.4 Å². The van der Waals surface area contributed by atoms with Crippen LogP contribution in [0.1, 0.15) is 45.4 Å². The summed E-state index contributed by atoms with van der Waals surface area (Å²) in [6, 6.07) is 8.43. The van der Waals surface area contributed by atoms with Crippen LogP contribution in [0.2, 0.25) is 0 Å². The highest BCUT2D eigenvalue weighted by atomic mass is 16.6. The second kappa shape index (κ2) is 11.4. The zero-order valence-corrected chi connectivity index (χ0v) is 12.9. The van der Waals surface area contributed by atoms with Crippen molar-refractivity contribution in [2.24, 2.45) is 10.2 Å². The molecule has 0 saturated heterocycles. The van der Waals surface area contributed by atoms with Crippen LogP contribution >= 0.6 is 0 Å². The van der Waals surface area contributed by atoms with E-state index in [0.29, 0.717) is 5.75 Å². The summed E-state index contributed by atoms with van der Waals surface area (Å²) < 4.78 is 9.68. The predicted molar refractivity (Wildman–Crippen MR) is 82.0 cm³/mol. The molecule has 0 saturated carbocycles. The van der Waals surface area contributed by atoms with Crippen LogP contribution in [0.5, 0.6) is 5.75 Å². The molecule has 0 heterocycles. The number of hydrogen-bond donors (Lipinski definition) is 0. The standard InChI is InChI=1S/C16H22N2O4/c1-2-3-4-5-6-10-13-21-15(19)17-18-16(20)22-14-11-8-7-9-12-14/h7-9,11-12H,2-6,10,13H2,1H3. The number of para-hydroxylation sites is 1. The molecule has 6 nitrogen and oxygen atoms in total. The van der Waals surface area contributed by atoms with E-state index >= 15 is 0 Å². The summed E-state index contributed by atoms with van der Waals surface area (Å²) in [5.41, 5.74) is 0. The number of benzene rings is 1. The zero-order chi connectivity index (χ0) is 16.0. The molecular formula is C16H22N2O4. The highest BCUT2D eigenvalue weighted by Gasteiger charge is 2.05. The normalized spacial score (nSPS) is 10.6. The average molecular weight is 306 g/mol. The molecule has 0 aliphatic carbocycles. The molecule has 0 aliphatic rings. The summed E-state index contributed by atoms with van der Waals surface area (Å²) in [5.74, 6) is 0.340. The highest BCUT2D eigenvalue weighted by Crippen LogP contribution is 2.09. The van der Waals surface area contributed by atoms with E-state index in [1.165, 1.54) is 19.3 Å². The van der Waals surface area contributed by atoms with E-state index in [9.17, 15) is 9.59 Å². The number of nitrogens with zero attached hydrogens (tertiary/aromatic N) is 2. The van der Waals surface area contributed by atoms with Crippen molar-refractivity contribution < 1.29 is 19.1 Å². The van der Waals surface area contributed by atoms with Crippen molar-refractivity contribution in [2.75, 3.05) is 6.61 Å². The third-order valence-corrected chi connectivity index (χ3v) is 2.89. The summed E-state index contributed by atoms with van der Waals surface area (Å²) in [5, 5.41) is 6.30. The Bertz CT molecular complexity index is 474. The monoisotopic (exact) mass is 306 g/mol. The summed E-state index contributed by atoms with van der Waals surface area (Å²) in [7, 11) is 0. The van der Waals surface area contributed by atoms with Gasteiger partial charge in [0.25, 0.3) is 0 Å². The second-order valence-electron chi connectivity index (χ2n) is 4.76. The molecule has 0 N–H and O–H groups in total. The van der Waals surface area contributed by atoms with E-state index in [2.05, 4.69) is 17.2 Å². The second-order valence-corrected chi connectivity index (χ2v) is 4.76. The number of carbonyl (C=O) groups excluding carboxylic acids is 2. The Morgan fingerprint density at radius 1 is 0.909 bits per heavy atom. The van der Waals surface area contributed by atoms with Crippen molar-refractivity contribution in [1.29, 1.82) is 0 Å². The minimum atomic E-state index is -0.956. The first kappa shape index (κ1) is 17.8.